The van der Waals surface area contributed by atoms with E-state index in [0.717, 1.165) is 27.5 Å². The maximum Gasteiger partial charge on any atom is 0.233 e. The molecule has 0 aliphatic carbocycles. The van der Waals surface area contributed by atoms with E-state index in [4.69, 9.17) is 4.99 Å². The van der Waals surface area contributed by atoms with E-state index >= 15 is 0 Å². The van der Waals surface area contributed by atoms with Crippen LogP contribution in [0, 0.1) is 20.8 Å². The topological polar surface area (TPSA) is 32.7 Å². The largest absolute Gasteiger partial charge is 0.306 e. The molecule has 0 saturated carbocycles. The summed E-state index contributed by atoms with van der Waals surface area (Å²) in [7, 11) is 0. The molecule has 0 N–H and O–H groups in total. The molecule has 1 aromatic heterocycles. The van der Waals surface area contributed by atoms with Gasteiger partial charge in [-0.15, -0.1) is 11.3 Å². The van der Waals surface area contributed by atoms with Gasteiger partial charge in [0.2, 0.25) is 5.91 Å². The number of amides is 1. The van der Waals surface area contributed by atoms with Gasteiger partial charge in [-0.2, -0.15) is 0 Å². The van der Waals surface area contributed by atoms with Crippen molar-refractivity contribution in [2.75, 3.05) is 4.90 Å². The van der Waals surface area contributed by atoms with Crippen molar-refractivity contribution < 1.29 is 4.79 Å². The van der Waals surface area contributed by atoms with Crippen molar-refractivity contribution in [2.24, 2.45) is 4.99 Å². The molecule has 0 fully saturated rings. The summed E-state index contributed by atoms with van der Waals surface area (Å²) in [5.41, 5.74) is 7.33. The molecule has 0 atom stereocenters. The van der Waals surface area contributed by atoms with Crippen LogP contribution in [0.2, 0.25) is 0 Å². The quantitative estimate of drug-likeness (QED) is 0.576. The third kappa shape index (κ3) is 3.58. The van der Waals surface area contributed by atoms with Crippen LogP contribution in [0.3, 0.4) is 0 Å². The molecule has 1 amide bonds. The zero-order chi connectivity index (χ0) is 19.0. The Bertz CT molecular complexity index is 1020. The Labute approximate surface area is 164 Å². The van der Waals surface area contributed by atoms with Crippen molar-refractivity contribution in [3.05, 3.63) is 81.0 Å². The first-order valence-electron chi connectivity index (χ1n) is 9.10. The van der Waals surface area contributed by atoms with E-state index in [9.17, 15) is 4.79 Å². The first-order valence-corrected chi connectivity index (χ1v) is 9.98. The van der Waals surface area contributed by atoms with Crippen molar-refractivity contribution in [2.45, 2.75) is 33.7 Å². The molecule has 0 radical (unpaired) electrons. The molecular weight excluding hydrogens is 352 g/mol. The Kier molecular flexibility index (Phi) is 4.66. The van der Waals surface area contributed by atoms with Gasteiger partial charge in [0.1, 0.15) is 0 Å². The number of rotatable bonds is 3. The molecule has 136 valence electrons. The first kappa shape index (κ1) is 17.7. The Balaban J connectivity index is 1.80. The first-order chi connectivity index (χ1) is 13.0. The monoisotopic (exact) mass is 374 g/mol. The van der Waals surface area contributed by atoms with Gasteiger partial charge in [-0.3, -0.25) is 4.79 Å². The fourth-order valence-corrected chi connectivity index (χ4v) is 4.00. The van der Waals surface area contributed by atoms with E-state index in [1.807, 2.05) is 22.4 Å². The molecule has 1 aliphatic rings. The fraction of sp³-hybridized carbons (Fsp3) is 0.217. The molecule has 0 unspecified atom stereocenters. The van der Waals surface area contributed by atoms with Gasteiger partial charge in [0.15, 0.2) is 0 Å². The van der Waals surface area contributed by atoms with E-state index < -0.39 is 0 Å². The minimum Gasteiger partial charge on any atom is -0.306 e. The van der Waals surface area contributed by atoms with Gasteiger partial charge >= 0.3 is 0 Å². The number of carbonyl (C=O) groups is 1. The fourth-order valence-electron chi connectivity index (χ4n) is 3.28. The van der Waals surface area contributed by atoms with Crippen molar-refractivity contribution >= 4 is 34.3 Å². The molecular formula is C23H22N2OS. The second-order valence-electron chi connectivity index (χ2n) is 7.10. The van der Waals surface area contributed by atoms with Gasteiger partial charge in [0.05, 0.1) is 30.1 Å². The zero-order valence-electron chi connectivity index (χ0n) is 15.8. The summed E-state index contributed by atoms with van der Waals surface area (Å²) in [6.45, 7) is 6.80. The van der Waals surface area contributed by atoms with E-state index in [1.54, 1.807) is 11.3 Å². The lowest BCUT2D eigenvalue weighted by molar-refractivity contribution is -0.117. The second-order valence-corrected chi connectivity index (χ2v) is 8.05. The lowest BCUT2D eigenvalue weighted by atomic mass is 10.1. The highest BCUT2D eigenvalue weighted by Crippen LogP contribution is 2.36. The summed E-state index contributed by atoms with van der Waals surface area (Å²) in [6, 6.07) is 16.6. The molecule has 4 rings (SSSR count). The van der Waals surface area contributed by atoms with Crippen LogP contribution in [-0.2, 0) is 11.3 Å². The number of anilines is 1. The van der Waals surface area contributed by atoms with Crippen LogP contribution >= 0.6 is 11.3 Å². The summed E-state index contributed by atoms with van der Waals surface area (Å²) >= 11 is 1.63. The predicted octanol–water partition coefficient (Wildman–Crippen LogP) is 5.73. The van der Waals surface area contributed by atoms with Gasteiger partial charge in [0, 0.05) is 4.88 Å². The van der Waals surface area contributed by atoms with E-state index in [2.05, 4.69) is 57.2 Å². The van der Waals surface area contributed by atoms with Crippen LogP contribution in [0.25, 0.3) is 0 Å². The van der Waals surface area contributed by atoms with Crippen LogP contribution in [0.4, 0.5) is 11.4 Å². The van der Waals surface area contributed by atoms with Crippen molar-refractivity contribution in [3.8, 4) is 0 Å². The van der Waals surface area contributed by atoms with Gasteiger partial charge in [-0.1, -0.05) is 35.9 Å². The normalized spacial score (nSPS) is 14.0. The molecule has 2 heterocycles. The smallest absolute Gasteiger partial charge is 0.233 e. The highest BCUT2D eigenvalue weighted by molar-refractivity contribution is 7.12. The molecule has 0 spiro atoms. The number of hydrogen-bond donors (Lipinski definition) is 0. The zero-order valence-corrected chi connectivity index (χ0v) is 16.6. The molecule has 0 saturated heterocycles. The number of aliphatic imine (C=N–C) groups is 1. The number of fused-ring (bicyclic) bond motifs is 1. The average Bonchev–Trinajstić information content (AvgIpc) is 3.14. The van der Waals surface area contributed by atoms with Crippen molar-refractivity contribution in [1.82, 2.24) is 0 Å². The molecule has 3 aromatic rings. The number of thiophene rings is 1. The SMILES string of the molecule is Cc1ccc(CN2C(=O)CC(c3cccs3)=Nc3cc(C)c(C)cc32)cc1. The van der Waals surface area contributed by atoms with Crippen molar-refractivity contribution in [1.29, 1.82) is 0 Å². The lowest BCUT2D eigenvalue weighted by Gasteiger charge is -2.23. The Hall–Kier alpha value is -2.72. The van der Waals surface area contributed by atoms with Crippen LogP contribution in [0.5, 0.6) is 0 Å². The van der Waals surface area contributed by atoms with Gasteiger partial charge in [0.25, 0.3) is 0 Å². The Morgan fingerprint density at radius 3 is 2.48 bits per heavy atom. The lowest BCUT2D eigenvalue weighted by Crippen LogP contribution is -2.31. The standard InChI is InChI=1S/C23H22N2OS/c1-15-6-8-18(9-7-15)14-25-21-12-17(3)16(2)11-19(21)24-20(13-23(25)26)22-5-4-10-27-22/h4-12H,13-14H2,1-3H3. The maximum absolute atomic E-state index is 13.2. The highest BCUT2D eigenvalue weighted by Gasteiger charge is 2.26. The molecule has 4 heteroatoms. The van der Waals surface area contributed by atoms with Crippen LogP contribution < -0.4 is 4.90 Å². The summed E-state index contributed by atoms with van der Waals surface area (Å²) < 4.78 is 0. The predicted molar refractivity (Wildman–Crippen MR) is 113 cm³/mol. The van der Waals surface area contributed by atoms with Gasteiger partial charge < -0.3 is 4.90 Å². The minimum atomic E-state index is 0.0877. The highest BCUT2D eigenvalue weighted by atomic mass is 32.1. The number of aryl methyl sites for hydroxylation is 3. The Morgan fingerprint density at radius 2 is 1.78 bits per heavy atom. The number of carbonyl (C=O) groups excluding carboxylic acids is 1. The van der Waals surface area contributed by atoms with E-state index in [0.29, 0.717) is 13.0 Å². The maximum atomic E-state index is 13.2. The van der Waals surface area contributed by atoms with Crippen LogP contribution in [0.15, 0.2) is 58.9 Å². The minimum absolute atomic E-state index is 0.0877. The van der Waals surface area contributed by atoms with Crippen molar-refractivity contribution in [3.63, 3.8) is 0 Å². The molecule has 27 heavy (non-hydrogen) atoms. The third-order valence-corrected chi connectivity index (χ3v) is 5.94. The van der Waals surface area contributed by atoms with Crippen LogP contribution in [-0.4, -0.2) is 11.6 Å². The molecule has 0 bridgehead atoms. The number of benzene rings is 2. The van der Waals surface area contributed by atoms with Gasteiger partial charge in [-0.05, 0) is 61.0 Å². The van der Waals surface area contributed by atoms with E-state index in [-0.39, 0.29) is 5.91 Å². The summed E-state index contributed by atoms with van der Waals surface area (Å²) in [5.74, 6) is 0.0877. The molecule has 1 aliphatic heterocycles. The second kappa shape index (κ2) is 7.12. The number of nitrogens with zero attached hydrogens (tertiary/aromatic N) is 2. The van der Waals surface area contributed by atoms with Crippen LogP contribution in [0.1, 0.15) is 33.6 Å². The van der Waals surface area contributed by atoms with Gasteiger partial charge in [-0.25, -0.2) is 4.99 Å². The molecule has 2 aromatic carbocycles. The Morgan fingerprint density at radius 1 is 1.04 bits per heavy atom. The van der Waals surface area contributed by atoms with E-state index in [1.165, 1.54) is 16.7 Å². The summed E-state index contributed by atoms with van der Waals surface area (Å²) in [4.78, 5) is 21.0. The average molecular weight is 375 g/mol. The summed E-state index contributed by atoms with van der Waals surface area (Å²) in [6.07, 6.45) is 0.319. The third-order valence-electron chi connectivity index (χ3n) is 5.02. The summed E-state index contributed by atoms with van der Waals surface area (Å²) in [5, 5.41) is 2.03. The molecule has 3 nitrogen and oxygen atoms in total. The number of hydrogen-bond acceptors (Lipinski definition) is 3.